The molecule has 0 fully saturated rings. The lowest BCUT2D eigenvalue weighted by Crippen LogP contribution is -1.98. The molecule has 0 aromatic carbocycles. The Morgan fingerprint density at radius 1 is 1.38 bits per heavy atom. The lowest BCUT2D eigenvalue weighted by Gasteiger charge is -2.03. The molecule has 0 aliphatic rings. The van der Waals surface area contributed by atoms with Gasteiger partial charge in [0.25, 0.3) is 0 Å². The van der Waals surface area contributed by atoms with Gasteiger partial charge in [-0.3, -0.25) is 9.78 Å². The van der Waals surface area contributed by atoms with Crippen LogP contribution in [0.15, 0.2) is 30.6 Å². The van der Waals surface area contributed by atoms with Gasteiger partial charge in [-0.25, -0.2) is 0 Å². The number of pyridine rings is 1. The minimum absolute atomic E-state index is 0.153. The molecule has 2 aromatic heterocycles. The fourth-order valence-electron chi connectivity index (χ4n) is 1.20. The van der Waals surface area contributed by atoms with Crippen LogP contribution in [0.3, 0.4) is 0 Å². The van der Waals surface area contributed by atoms with Crippen molar-refractivity contribution >= 4 is 23.7 Å². The fourth-order valence-corrected chi connectivity index (χ4v) is 1.34. The van der Waals surface area contributed by atoms with Gasteiger partial charge in [0.1, 0.15) is 0 Å². The fraction of sp³-hybridized carbons (Fsp3) is 0. The Morgan fingerprint density at radius 3 is 2.94 bits per heavy atom. The molecule has 16 heavy (non-hydrogen) atoms. The maximum absolute atomic E-state index is 10.3. The molecule has 0 unspecified atom stereocenters. The molecule has 6 heteroatoms. The highest BCUT2D eigenvalue weighted by molar-refractivity contribution is 6.32. The van der Waals surface area contributed by atoms with E-state index in [1.807, 2.05) is 6.07 Å². The SMILES string of the molecule is O=CNc1cc(-c2cccnc2)nnc1Cl. The predicted molar refractivity (Wildman–Crippen MR) is 60.0 cm³/mol. The maximum Gasteiger partial charge on any atom is 0.211 e. The molecule has 2 aromatic rings. The molecule has 80 valence electrons. The molecule has 0 radical (unpaired) electrons. The molecular formula is C10H7ClN4O. The average molecular weight is 235 g/mol. The summed E-state index contributed by atoms with van der Waals surface area (Å²) in [6.07, 6.45) is 3.86. The topological polar surface area (TPSA) is 67.8 Å². The first kappa shape index (κ1) is 10.5. The van der Waals surface area contributed by atoms with Crippen molar-refractivity contribution in [1.29, 1.82) is 0 Å². The summed E-state index contributed by atoms with van der Waals surface area (Å²) >= 11 is 5.75. The van der Waals surface area contributed by atoms with Gasteiger partial charge in [0, 0.05) is 18.0 Å². The van der Waals surface area contributed by atoms with Gasteiger partial charge >= 0.3 is 0 Å². The number of anilines is 1. The van der Waals surface area contributed by atoms with Crippen molar-refractivity contribution in [2.45, 2.75) is 0 Å². The van der Waals surface area contributed by atoms with Gasteiger partial charge < -0.3 is 5.32 Å². The van der Waals surface area contributed by atoms with Crippen LogP contribution in [0.5, 0.6) is 0 Å². The molecule has 2 heterocycles. The summed E-state index contributed by atoms with van der Waals surface area (Å²) in [5.74, 6) is 0. The molecule has 1 amide bonds. The molecule has 2 rings (SSSR count). The van der Waals surface area contributed by atoms with Crippen LogP contribution in [-0.2, 0) is 4.79 Å². The Labute approximate surface area is 96.5 Å². The van der Waals surface area contributed by atoms with Gasteiger partial charge in [0.15, 0.2) is 5.15 Å². The largest absolute Gasteiger partial charge is 0.326 e. The Hall–Kier alpha value is -2.01. The molecule has 0 aliphatic heterocycles. The second-order valence-corrected chi connectivity index (χ2v) is 3.30. The number of amides is 1. The Morgan fingerprint density at radius 2 is 2.25 bits per heavy atom. The van der Waals surface area contributed by atoms with E-state index in [2.05, 4.69) is 20.5 Å². The number of nitrogens with zero attached hydrogens (tertiary/aromatic N) is 3. The summed E-state index contributed by atoms with van der Waals surface area (Å²) < 4.78 is 0. The monoisotopic (exact) mass is 234 g/mol. The number of nitrogens with one attached hydrogen (secondary N) is 1. The Bertz CT molecular complexity index is 503. The summed E-state index contributed by atoms with van der Waals surface area (Å²) in [5.41, 5.74) is 1.83. The van der Waals surface area contributed by atoms with Crippen molar-refractivity contribution in [3.05, 3.63) is 35.7 Å². The van der Waals surface area contributed by atoms with E-state index in [4.69, 9.17) is 11.6 Å². The lowest BCUT2D eigenvalue weighted by atomic mass is 10.2. The van der Waals surface area contributed by atoms with E-state index < -0.39 is 0 Å². The highest BCUT2D eigenvalue weighted by Gasteiger charge is 2.06. The first-order chi connectivity index (χ1) is 7.81. The van der Waals surface area contributed by atoms with Gasteiger partial charge in [-0.15, -0.1) is 10.2 Å². The summed E-state index contributed by atoms with van der Waals surface area (Å²) in [5, 5.41) is 10.3. The van der Waals surface area contributed by atoms with Crippen LogP contribution in [-0.4, -0.2) is 21.6 Å². The zero-order chi connectivity index (χ0) is 11.4. The van der Waals surface area contributed by atoms with Crippen molar-refractivity contribution < 1.29 is 4.79 Å². The maximum atomic E-state index is 10.3. The summed E-state index contributed by atoms with van der Waals surface area (Å²) in [6.45, 7) is 0. The summed E-state index contributed by atoms with van der Waals surface area (Å²) in [6, 6.07) is 5.27. The predicted octanol–water partition coefficient (Wildman–Crippen LogP) is 1.76. The van der Waals surface area contributed by atoms with E-state index in [-0.39, 0.29) is 5.15 Å². The van der Waals surface area contributed by atoms with Crippen LogP contribution in [0.25, 0.3) is 11.3 Å². The van der Waals surface area contributed by atoms with Gasteiger partial charge in [-0.1, -0.05) is 11.6 Å². The highest BCUT2D eigenvalue weighted by Crippen LogP contribution is 2.23. The quantitative estimate of drug-likeness (QED) is 0.822. The van der Waals surface area contributed by atoms with Crippen molar-refractivity contribution in [1.82, 2.24) is 15.2 Å². The van der Waals surface area contributed by atoms with E-state index in [0.717, 1.165) is 5.56 Å². The molecule has 0 atom stereocenters. The lowest BCUT2D eigenvalue weighted by molar-refractivity contribution is -0.105. The number of aromatic nitrogens is 3. The van der Waals surface area contributed by atoms with Crippen LogP contribution >= 0.6 is 11.6 Å². The van der Waals surface area contributed by atoms with Crippen LogP contribution in [0.4, 0.5) is 5.69 Å². The molecule has 1 N–H and O–H groups in total. The molecule has 0 bridgehead atoms. The van der Waals surface area contributed by atoms with Crippen molar-refractivity contribution in [2.24, 2.45) is 0 Å². The normalized spacial score (nSPS) is 9.81. The number of carbonyl (C=O) groups is 1. The minimum Gasteiger partial charge on any atom is -0.326 e. The van der Waals surface area contributed by atoms with E-state index >= 15 is 0 Å². The number of carbonyl (C=O) groups excluding carboxylic acids is 1. The van der Waals surface area contributed by atoms with E-state index in [9.17, 15) is 4.79 Å². The molecule has 0 aliphatic carbocycles. The van der Waals surface area contributed by atoms with Crippen LogP contribution in [0, 0.1) is 0 Å². The third-order valence-corrected chi connectivity index (χ3v) is 2.20. The zero-order valence-electron chi connectivity index (χ0n) is 8.09. The van der Waals surface area contributed by atoms with Gasteiger partial charge in [0.2, 0.25) is 6.41 Å². The standard InChI is InChI=1S/C10H7ClN4O/c11-10-9(13-6-16)4-8(14-15-10)7-2-1-3-12-5-7/h1-6H,(H,13,14,16). The van der Waals surface area contributed by atoms with E-state index in [1.54, 1.807) is 24.5 Å². The van der Waals surface area contributed by atoms with Crippen LogP contribution < -0.4 is 5.32 Å². The molecule has 5 nitrogen and oxygen atoms in total. The summed E-state index contributed by atoms with van der Waals surface area (Å²) in [7, 11) is 0. The van der Waals surface area contributed by atoms with Gasteiger partial charge in [-0.05, 0) is 18.2 Å². The van der Waals surface area contributed by atoms with Crippen molar-refractivity contribution in [3.63, 3.8) is 0 Å². The van der Waals surface area contributed by atoms with Crippen molar-refractivity contribution in [3.8, 4) is 11.3 Å². The highest BCUT2D eigenvalue weighted by atomic mass is 35.5. The second-order valence-electron chi connectivity index (χ2n) is 2.94. The molecule has 0 saturated carbocycles. The van der Waals surface area contributed by atoms with Crippen molar-refractivity contribution in [2.75, 3.05) is 5.32 Å². The molecular weight excluding hydrogens is 228 g/mol. The smallest absolute Gasteiger partial charge is 0.211 e. The minimum atomic E-state index is 0.153. The Kier molecular flexibility index (Phi) is 3.07. The molecule has 0 spiro atoms. The number of rotatable bonds is 3. The second kappa shape index (κ2) is 4.67. The summed E-state index contributed by atoms with van der Waals surface area (Å²) in [4.78, 5) is 14.3. The Balaban J connectivity index is 2.43. The first-order valence-electron chi connectivity index (χ1n) is 4.45. The van der Waals surface area contributed by atoms with Crippen LogP contribution in [0.1, 0.15) is 0 Å². The molecule has 0 saturated heterocycles. The zero-order valence-corrected chi connectivity index (χ0v) is 8.85. The number of halogens is 1. The van der Waals surface area contributed by atoms with Crippen LogP contribution in [0.2, 0.25) is 5.15 Å². The van der Waals surface area contributed by atoms with E-state index in [1.165, 1.54) is 0 Å². The van der Waals surface area contributed by atoms with E-state index in [0.29, 0.717) is 17.8 Å². The van der Waals surface area contributed by atoms with Gasteiger partial charge in [0.05, 0.1) is 11.4 Å². The van der Waals surface area contributed by atoms with Gasteiger partial charge in [-0.2, -0.15) is 0 Å². The first-order valence-corrected chi connectivity index (χ1v) is 4.83. The number of hydrogen-bond acceptors (Lipinski definition) is 4. The third-order valence-electron chi connectivity index (χ3n) is 1.92. The average Bonchev–Trinajstić information content (AvgIpc) is 2.33. The number of hydrogen-bond donors (Lipinski definition) is 1. The third kappa shape index (κ3) is 2.14.